The summed E-state index contributed by atoms with van der Waals surface area (Å²) in [6, 6.07) is 2.50. The molecule has 3 heterocycles. The molecule has 6 heteroatoms. The second kappa shape index (κ2) is 6.17. The van der Waals surface area contributed by atoms with E-state index in [9.17, 15) is 4.79 Å². The van der Waals surface area contributed by atoms with Gasteiger partial charge in [-0.15, -0.1) is 0 Å². The lowest BCUT2D eigenvalue weighted by Gasteiger charge is -2.23. The summed E-state index contributed by atoms with van der Waals surface area (Å²) in [7, 11) is 0. The molecule has 6 nitrogen and oxygen atoms in total. The third-order valence-corrected chi connectivity index (χ3v) is 4.63. The molecule has 1 atom stereocenters. The summed E-state index contributed by atoms with van der Waals surface area (Å²) in [6.45, 7) is 7.25. The summed E-state index contributed by atoms with van der Waals surface area (Å²) >= 11 is 0. The summed E-state index contributed by atoms with van der Waals surface area (Å²) in [5.41, 5.74) is 2.68. The minimum Gasteiger partial charge on any atom is -0.464 e. The van der Waals surface area contributed by atoms with Crippen LogP contribution in [-0.2, 0) is 6.54 Å². The van der Waals surface area contributed by atoms with Gasteiger partial charge in [0, 0.05) is 19.1 Å². The van der Waals surface area contributed by atoms with Crippen molar-refractivity contribution in [1.29, 1.82) is 0 Å². The highest BCUT2D eigenvalue weighted by Gasteiger charge is 2.29. The number of nitrogen functional groups attached to an aromatic ring is 1. The number of likely N-dealkylation sites (tertiary alicyclic amines) is 2. The lowest BCUT2D eigenvalue weighted by atomic mass is 10.2. The highest BCUT2D eigenvalue weighted by molar-refractivity contribution is 5.94. The maximum atomic E-state index is 11.6. The van der Waals surface area contributed by atoms with Crippen molar-refractivity contribution in [3.05, 3.63) is 23.2 Å². The number of amides is 1. The standard InChI is InChI=1S/C15H24N4O2/c1-11-14(15(20)17-16)8-13(21-11)10-18-7-4-12(9-18)19-5-2-3-6-19/h8,12H,2-7,9-10,16H2,1H3,(H,17,20). The molecule has 0 spiro atoms. The molecule has 3 rings (SSSR count). The van der Waals surface area contributed by atoms with Gasteiger partial charge in [0.15, 0.2) is 0 Å². The number of aryl methyl sites for hydroxylation is 1. The molecule has 0 aliphatic carbocycles. The predicted molar refractivity (Wildman–Crippen MR) is 79.6 cm³/mol. The summed E-state index contributed by atoms with van der Waals surface area (Å²) in [4.78, 5) is 16.6. The fraction of sp³-hybridized carbons (Fsp3) is 0.667. The number of carbonyl (C=O) groups is 1. The molecule has 1 aromatic heterocycles. The normalized spacial score (nSPS) is 23.8. The number of nitrogens with one attached hydrogen (secondary N) is 1. The van der Waals surface area contributed by atoms with Crippen molar-refractivity contribution >= 4 is 5.91 Å². The van der Waals surface area contributed by atoms with E-state index in [0.717, 1.165) is 25.4 Å². The Balaban J connectivity index is 1.58. The molecule has 21 heavy (non-hydrogen) atoms. The number of nitrogens with zero attached hydrogens (tertiary/aromatic N) is 2. The minimum absolute atomic E-state index is 0.293. The molecule has 116 valence electrons. The highest BCUT2D eigenvalue weighted by atomic mass is 16.3. The Labute approximate surface area is 125 Å². The molecule has 0 radical (unpaired) electrons. The zero-order valence-electron chi connectivity index (χ0n) is 12.6. The Morgan fingerprint density at radius 2 is 2.19 bits per heavy atom. The van der Waals surface area contributed by atoms with Crippen molar-refractivity contribution in [3.8, 4) is 0 Å². The Kier molecular flexibility index (Phi) is 4.28. The van der Waals surface area contributed by atoms with Crippen LogP contribution in [0.2, 0.25) is 0 Å². The first kappa shape index (κ1) is 14.6. The van der Waals surface area contributed by atoms with Gasteiger partial charge in [-0.3, -0.25) is 20.0 Å². The van der Waals surface area contributed by atoms with E-state index < -0.39 is 0 Å². The largest absolute Gasteiger partial charge is 0.464 e. The van der Waals surface area contributed by atoms with Gasteiger partial charge in [0.25, 0.3) is 5.91 Å². The van der Waals surface area contributed by atoms with Crippen LogP contribution in [-0.4, -0.2) is 47.9 Å². The SMILES string of the molecule is Cc1oc(CN2CCC(N3CCCC3)C2)cc1C(=O)NN. The lowest BCUT2D eigenvalue weighted by molar-refractivity contribution is 0.0952. The van der Waals surface area contributed by atoms with Crippen LogP contribution in [0.25, 0.3) is 0 Å². The van der Waals surface area contributed by atoms with Crippen LogP contribution in [0.3, 0.4) is 0 Å². The first-order valence-corrected chi connectivity index (χ1v) is 7.74. The fourth-order valence-electron chi connectivity index (χ4n) is 3.51. The van der Waals surface area contributed by atoms with Crippen molar-refractivity contribution in [2.75, 3.05) is 26.2 Å². The van der Waals surface area contributed by atoms with E-state index in [-0.39, 0.29) is 5.91 Å². The van der Waals surface area contributed by atoms with Crippen LogP contribution in [0.15, 0.2) is 10.5 Å². The zero-order chi connectivity index (χ0) is 14.8. The molecule has 1 amide bonds. The van der Waals surface area contributed by atoms with Gasteiger partial charge < -0.3 is 4.42 Å². The minimum atomic E-state index is -0.293. The fourth-order valence-corrected chi connectivity index (χ4v) is 3.51. The average Bonchev–Trinajstić information content (AvgIpc) is 3.18. The Bertz CT molecular complexity index is 508. The third-order valence-electron chi connectivity index (χ3n) is 4.63. The average molecular weight is 292 g/mol. The Morgan fingerprint density at radius 3 is 2.90 bits per heavy atom. The quantitative estimate of drug-likeness (QED) is 0.489. The van der Waals surface area contributed by atoms with Gasteiger partial charge in [-0.25, -0.2) is 5.84 Å². The molecule has 2 aliphatic heterocycles. The van der Waals surface area contributed by atoms with E-state index in [2.05, 4.69) is 15.2 Å². The smallest absolute Gasteiger partial charge is 0.268 e. The molecule has 2 fully saturated rings. The molecule has 0 saturated carbocycles. The van der Waals surface area contributed by atoms with Gasteiger partial charge >= 0.3 is 0 Å². The van der Waals surface area contributed by atoms with E-state index in [1.54, 1.807) is 13.0 Å². The van der Waals surface area contributed by atoms with E-state index in [1.165, 1.54) is 32.4 Å². The van der Waals surface area contributed by atoms with Crippen LogP contribution in [0.4, 0.5) is 0 Å². The summed E-state index contributed by atoms with van der Waals surface area (Å²) in [6.07, 6.45) is 3.91. The maximum absolute atomic E-state index is 11.6. The zero-order valence-corrected chi connectivity index (χ0v) is 12.6. The third kappa shape index (κ3) is 3.12. The van der Waals surface area contributed by atoms with Gasteiger partial charge in [-0.1, -0.05) is 0 Å². The van der Waals surface area contributed by atoms with Crippen molar-refractivity contribution in [2.45, 2.75) is 38.8 Å². The van der Waals surface area contributed by atoms with E-state index in [4.69, 9.17) is 10.3 Å². The number of nitrogens with two attached hydrogens (primary N) is 1. The van der Waals surface area contributed by atoms with E-state index in [1.807, 2.05) is 0 Å². The van der Waals surface area contributed by atoms with Crippen molar-refractivity contribution in [2.24, 2.45) is 5.84 Å². The number of hydrogen-bond donors (Lipinski definition) is 2. The summed E-state index contributed by atoms with van der Waals surface area (Å²) < 4.78 is 5.69. The number of rotatable bonds is 4. The molecule has 2 saturated heterocycles. The van der Waals surface area contributed by atoms with Crippen LogP contribution >= 0.6 is 0 Å². The van der Waals surface area contributed by atoms with Crippen LogP contribution in [0.5, 0.6) is 0 Å². The molecular weight excluding hydrogens is 268 g/mol. The second-order valence-electron chi connectivity index (χ2n) is 6.08. The van der Waals surface area contributed by atoms with Gasteiger partial charge in [-0.2, -0.15) is 0 Å². The summed E-state index contributed by atoms with van der Waals surface area (Å²) in [5, 5.41) is 0. The van der Waals surface area contributed by atoms with Gasteiger partial charge in [0.05, 0.1) is 12.1 Å². The molecule has 0 aromatic carbocycles. The van der Waals surface area contributed by atoms with Crippen molar-refractivity contribution in [1.82, 2.24) is 15.2 Å². The number of carbonyl (C=O) groups excluding carboxylic acids is 1. The topological polar surface area (TPSA) is 74.7 Å². The van der Waals surface area contributed by atoms with Gasteiger partial charge in [0.2, 0.25) is 0 Å². The van der Waals surface area contributed by atoms with Crippen LogP contribution < -0.4 is 11.3 Å². The number of hydrazine groups is 1. The monoisotopic (exact) mass is 292 g/mol. The number of hydrogen-bond acceptors (Lipinski definition) is 5. The van der Waals surface area contributed by atoms with E-state index >= 15 is 0 Å². The lowest BCUT2D eigenvalue weighted by Crippen LogP contribution is -2.35. The first-order valence-electron chi connectivity index (χ1n) is 7.74. The Morgan fingerprint density at radius 1 is 1.43 bits per heavy atom. The molecule has 1 unspecified atom stereocenters. The van der Waals surface area contributed by atoms with Crippen LogP contribution in [0, 0.1) is 6.92 Å². The van der Waals surface area contributed by atoms with Crippen LogP contribution in [0.1, 0.15) is 41.1 Å². The molecule has 2 aliphatic rings. The predicted octanol–water partition coefficient (Wildman–Crippen LogP) is 0.862. The molecular formula is C15H24N4O2. The molecule has 0 bridgehead atoms. The van der Waals surface area contributed by atoms with Crippen molar-refractivity contribution < 1.29 is 9.21 Å². The molecule has 3 N–H and O–H groups in total. The first-order chi connectivity index (χ1) is 10.2. The summed E-state index contributed by atoms with van der Waals surface area (Å²) in [5.74, 6) is 6.35. The van der Waals surface area contributed by atoms with Gasteiger partial charge in [-0.05, 0) is 45.3 Å². The van der Waals surface area contributed by atoms with E-state index in [0.29, 0.717) is 17.4 Å². The Hall–Kier alpha value is -1.37. The van der Waals surface area contributed by atoms with Gasteiger partial charge in [0.1, 0.15) is 11.5 Å². The molecule has 1 aromatic rings. The number of furan rings is 1. The highest BCUT2D eigenvalue weighted by Crippen LogP contribution is 2.23. The van der Waals surface area contributed by atoms with Crippen molar-refractivity contribution in [3.63, 3.8) is 0 Å². The maximum Gasteiger partial charge on any atom is 0.268 e. The second-order valence-corrected chi connectivity index (χ2v) is 6.08.